The fourth-order valence-electron chi connectivity index (χ4n) is 1.75. The van der Waals surface area contributed by atoms with Crippen LogP contribution in [0.5, 0.6) is 5.75 Å². The zero-order valence-corrected chi connectivity index (χ0v) is 14.0. The van der Waals surface area contributed by atoms with Crippen molar-refractivity contribution in [2.45, 2.75) is 46.3 Å². The molecule has 0 aliphatic carbocycles. The summed E-state index contributed by atoms with van der Waals surface area (Å²) in [5.74, 6) is 0.0864. The van der Waals surface area contributed by atoms with Gasteiger partial charge in [-0.05, 0) is 45.4 Å². The van der Waals surface area contributed by atoms with E-state index in [-0.39, 0.29) is 31.1 Å². The first-order chi connectivity index (χ1) is 10.3. The first kappa shape index (κ1) is 18.0. The fraction of sp³-hybridized carbons (Fsp3) is 0.529. The Morgan fingerprint density at radius 3 is 2.45 bits per heavy atom. The summed E-state index contributed by atoms with van der Waals surface area (Å²) in [6.45, 7) is 7.46. The summed E-state index contributed by atoms with van der Waals surface area (Å²) in [6.07, 6.45) is 0.194. The number of hydrogen-bond donors (Lipinski definition) is 0. The molecule has 1 aromatic rings. The lowest BCUT2D eigenvalue weighted by atomic mass is 10.1. The predicted molar refractivity (Wildman–Crippen MR) is 84.8 cm³/mol. The van der Waals surface area contributed by atoms with Crippen LogP contribution in [0.4, 0.5) is 0 Å². The topological polar surface area (TPSA) is 55.8 Å². The molecule has 0 fully saturated rings. The summed E-state index contributed by atoms with van der Waals surface area (Å²) in [5.41, 5.74) is 0.799. The number of likely N-dealkylation sites (N-methyl/N-ethyl adjacent to an activating group) is 1. The molecule has 0 aromatic heterocycles. The highest BCUT2D eigenvalue weighted by molar-refractivity contribution is 5.81. The van der Waals surface area contributed by atoms with E-state index in [0.717, 1.165) is 11.3 Å². The molecule has 1 amide bonds. The van der Waals surface area contributed by atoms with Gasteiger partial charge in [0.1, 0.15) is 5.75 Å². The van der Waals surface area contributed by atoms with Gasteiger partial charge < -0.3 is 14.4 Å². The summed E-state index contributed by atoms with van der Waals surface area (Å²) >= 11 is 0. The third-order valence-corrected chi connectivity index (χ3v) is 3.14. The Balaban J connectivity index is 2.50. The molecule has 122 valence electrons. The number of benzene rings is 1. The fourth-order valence-corrected chi connectivity index (χ4v) is 1.75. The third-order valence-electron chi connectivity index (χ3n) is 3.14. The molecule has 0 atom stereocenters. The molecular weight excluding hydrogens is 282 g/mol. The maximum Gasteiger partial charge on any atom is 0.310 e. The summed E-state index contributed by atoms with van der Waals surface area (Å²) in [5, 5.41) is 0. The smallest absolute Gasteiger partial charge is 0.310 e. The first-order valence-corrected chi connectivity index (χ1v) is 7.46. The zero-order valence-electron chi connectivity index (χ0n) is 14.0. The maximum absolute atomic E-state index is 11.8. The van der Waals surface area contributed by atoms with Crippen LogP contribution in [-0.2, 0) is 20.7 Å². The van der Waals surface area contributed by atoms with Crippen LogP contribution < -0.4 is 4.74 Å². The number of ether oxygens (including phenoxy) is 2. The van der Waals surface area contributed by atoms with Crippen molar-refractivity contribution in [2.24, 2.45) is 0 Å². The van der Waals surface area contributed by atoms with Crippen LogP contribution in [0.2, 0.25) is 0 Å². The molecule has 0 radical (unpaired) electrons. The van der Waals surface area contributed by atoms with Crippen LogP contribution in [0.1, 0.15) is 33.3 Å². The van der Waals surface area contributed by atoms with Gasteiger partial charge in [-0.3, -0.25) is 9.59 Å². The van der Waals surface area contributed by atoms with Crippen LogP contribution in [0, 0.1) is 0 Å². The van der Waals surface area contributed by atoms with Gasteiger partial charge >= 0.3 is 5.97 Å². The Labute approximate surface area is 132 Å². The molecule has 0 heterocycles. The van der Waals surface area contributed by atoms with Crippen LogP contribution in [0.25, 0.3) is 0 Å². The van der Waals surface area contributed by atoms with Gasteiger partial charge in [-0.1, -0.05) is 12.1 Å². The molecule has 5 heteroatoms. The van der Waals surface area contributed by atoms with Crippen molar-refractivity contribution in [3.8, 4) is 5.75 Å². The Morgan fingerprint density at radius 2 is 1.86 bits per heavy atom. The molecule has 0 aliphatic rings. The normalized spacial score (nSPS) is 10.7. The Bertz CT molecular complexity index is 511. The summed E-state index contributed by atoms with van der Waals surface area (Å²) in [7, 11) is 1.69. The molecule has 0 bridgehead atoms. The van der Waals surface area contributed by atoms with Gasteiger partial charge in [0.05, 0.1) is 12.5 Å². The van der Waals surface area contributed by atoms with E-state index in [4.69, 9.17) is 9.47 Å². The summed E-state index contributed by atoms with van der Waals surface area (Å²) in [4.78, 5) is 25.1. The second kappa shape index (κ2) is 8.41. The van der Waals surface area contributed by atoms with Crippen LogP contribution in [-0.4, -0.2) is 42.6 Å². The monoisotopic (exact) mass is 307 g/mol. The van der Waals surface area contributed by atoms with Crippen LogP contribution >= 0.6 is 0 Å². The number of nitrogens with zero attached hydrogens (tertiary/aromatic N) is 1. The van der Waals surface area contributed by atoms with Crippen LogP contribution in [0.15, 0.2) is 24.3 Å². The second-order valence-electron chi connectivity index (χ2n) is 5.75. The number of hydrogen-bond acceptors (Lipinski definition) is 4. The van der Waals surface area contributed by atoms with Gasteiger partial charge in [0.2, 0.25) is 0 Å². The molecule has 0 unspecified atom stereocenters. The molecule has 1 aromatic carbocycles. The number of carbonyl (C=O) groups is 2. The van der Waals surface area contributed by atoms with Gasteiger partial charge in [0, 0.05) is 13.1 Å². The molecular formula is C17H25NO4. The van der Waals surface area contributed by atoms with Gasteiger partial charge in [-0.25, -0.2) is 0 Å². The molecule has 0 aliphatic heterocycles. The third kappa shape index (κ3) is 6.16. The molecule has 0 saturated carbocycles. The average molecular weight is 307 g/mol. The standard InChI is InChI=1S/C17H25NO4/c1-12(2)18(5)16(19)11-21-17(20)10-14-7-6-8-15(9-14)22-13(3)4/h6-9,12-13H,10-11H2,1-5H3. The quantitative estimate of drug-likeness (QED) is 0.726. The van der Waals surface area contributed by atoms with E-state index >= 15 is 0 Å². The summed E-state index contributed by atoms with van der Waals surface area (Å²) < 4.78 is 10.6. The number of carbonyl (C=O) groups excluding carboxylic acids is 2. The molecule has 0 saturated heterocycles. The maximum atomic E-state index is 11.8. The minimum atomic E-state index is -0.424. The van der Waals surface area contributed by atoms with E-state index in [1.165, 1.54) is 0 Å². The lowest BCUT2D eigenvalue weighted by Gasteiger charge is -2.21. The SMILES string of the molecule is CC(C)Oc1cccc(CC(=O)OCC(=O)N(C)C(C)C)c1. The van der Waals surface area contributed by atoms with E-state index in [0.29, 0.717) is 0 Å². The number of esters is 1. The van der Waals surface area contributed by atoms with Crippen molar-refractivity contribution in [3.05, 3.63) is 29.8 Å². The van der Waals surface area contributed by atoms with Crippen molar-refractivity contribution in [2.75, 3.05) is 13.7 Å². The number of rotatable bonds is 7. The van der Waals surface area contributed by atoms with Crippen molar-refractivity contribution >= 4 is 11.9 Å². The Hall–Kier alpha value is -2.04. The Morgan fingerprint density at radius 1 is 1.18 bits per heavy atom. The van der Waals surface area contributed by atoms with E-state index in [9.17, 15) is 9.59 Å². The minimum Gasteiger partial charge on any atom is -0.491 e. The van der Waals surface area contributed by atoms with Crippen molar-refractivity contribution in [1.82, 2.24) is 4.90 Å². The molecule has 0 spiro atoms. The largest absolute Gasteiger partial charge is 0.491 e. The van der Waals surface area contributed by atoms with Crippen LogP contribution in [0.3, 0.4) is 0 Å². The van der Waals surface area contributed by atoms with E-state index in [1.54, 1.807) is 11.9 Å². The van der Waals surface area contributed by atoms with Crippen molar-refractivity contribution < 1.29 is 19.1 Å². The highest BCUT2D eigenvalue weighted by atomic mass is 16.5. The van der Waals surface area contributed by atoms with Gasteiger partial charge in [-0.2, -0.15) is 0 Å². The lowest BCUT2D eigenvalue weighted by molar-refractivity contribution is -0.151. The van der Waals surface area contributed by atoms with E-state index in [2.05, 4.69) is 0 Å². The molecule has 0 N–H and O–H groups in total. The minimum absolute atomic E-state index is 0.0754. The van der Waals surface area contributed by atoms with E-state index < -0.39 is 5.97 Å². The highest BCUT2D eigenvalue weighted by Gasteiger charge is 2.14. The zero-order chi connectivity index (χ0) is 16.7. The average Bonchev–Trinajstić information content (AvgIpc) is 2.43. The lowest BCUT2D eigenvalue weighted by Crippen LogP contribution is -2.36. The van der Waals surface area contributed by atoms with Gasteiger partial charge in [0.15, 0.2) is 6.61 Å². The van der Waals surface area contributed by atoms with Crippen molar-refractivity contribution in [1.29, 1.82) is 0 Å². The van der Waals surface area contributed by atoms with E-state index in [1.807, 2.05) is 52.0 Å². The Kier molecular flexibility index (Phi) is 6.89. The van der Waals surface area contributed by atoms with Gasteiger partial charge in [0.25, 0.3) is 5.91 Å². The highest BCUT2D eigenvalue weighted by Crippen LogP contribution is 2.15. The summed E-state index contributed by atoms with van der Waals surface area (Å²) in [6, 6.07) is 7.39. The molecule has 1 rings (SSSR count). The first-order valence-electron chi connectivity index (χ1n) is 7.46. The van der Waals surface area contributed by atoms with Crippen molar-refractivity contribution in [3.63, 3.8) is 0 Å². The van der Waals surface area contributed by atoms with Gasteiger partial charge in [-0.15, -0.1) is 0 Å². The molecule has 22 heavy (non-hydrogen) atoms. The predicted octanol–water partition coefficient (Wildman–Crippen LogP) is 2.43. The second-order valence-corrected chi connectivity index (χ2v) is 5.75. The number of amides is 1. The molecule has 5 nitrogen and oxygen atoms in total.